The fraction of sp³-hybridized carbons (Fsp3) is 0.316. The van der Waals surface area contributed by atoms with Crippen molar-refractivity contribution in [2.24, 2.45) is 5.92 Å². The van der Waals surface area contributed by atoms with Crippen LogP contribution in [0.3, 0.4) is 0 Å². The number of carboxylic acid groups (broad SMARTS) is 1. The molecule has 1 unspecified atom stereocenters. The van der Waals surface area contributed by atoms with E-state index in [1.807, 2.05) is 24.3 Å². The molecule has 0 heterocycles. The van der Waals surface area contributed by atoms with E-state index in [9.17, 15) is 4.79 Å². The van der Waals surface area contributed by atoms with Gasteiger partial charge in [-0.05, 0) is 35.7 Å². The zero-order valence-electron chi connectivity index (χ0n) is 13.6. The van der Waals surface area contributed by atoms with E-state index >= 15 is 0 Å². The van der Waals surface area contributed by atoms with Gasteiger partial charge in [0.2, 0.25) is 0 Å². The summed E-state index contributed by atoms with van der Waals surface area (Å²) in [6, 6.07) is 17.5. The summed E-state index contributed by atoms with van der Waals surface area (Å²) in [5, 5.41) is 16.0. The number of hydrogen-bond donors (Lipinski definition) is 3. The van der Waals surface area contributed by atoms with Gasteiger partial charge in [0, 0.05) is 24.8 Å². The van der Waals surface area contributed by atoms with Gasteiger partial charge in [0.05, 0.1) is 5.56 Å². The number of para-hydroxylation sites is 1. The van der Waals surface area contributed by atoms with Crippen molar-refractivity contribution in [3.63, 3.8) is 0 Å². The van der Waals surface area contributed by atoms with E-state index in [0.717, 1.165) is 17.8 Å². The minimum absolute atomic E-state index is 0.306. The van der Waals surface area contributed by atoms with E-state index in [-0.39, 0.29) is 0 Å². The highest BCUT2D eigenvalue weighted by molar-refractivity contribution is 5.87. The molecule has 2 aromatic carbocycles. The lowest BCUT2D eigenvalue weighted by molar-refractivity contribution is 0.0696. The number of carboxylic acids is 1. The van der Waals surface area contributed by atoms with Crippen LogP contribution in [0.5, 0.6) is 0 Å². The van der Waals surface area contributed by atoms with Crippen LogP contribution in [0.2, 0.25) is 0 Å². The molecule has 0 spiro atoms. The Hall–Kier alpha value is -2.33. The molecule has 2 aromatic rings. The standard InChI is InChI=1S/C19H24N2O2/c1-14(2)18(21-17-9-4-3-5-10-17)13-20-12-15-7-6-8-16(11-15)19(22)23/h3-11,14,18,20-21H,12-13H2,1-2H3,(H,22,23). The third kappa shape index (κ3) is 5.42. The summed E-state index contributed by atoms with van der Waals surface area (Å²) in [6.07, 6.45) is 0. The molecule has 0 aromatic heterocycles. The fourth-order valence-corrected chi connectivity index (χ4v) is 2.39. The average Bonchev–Trinajstić information content (AvgIpc) is 2.55. The Balaban J connectivity index is 1.89. The van der Waals surface area contributed by atoms with Crippen LogP contribution in [0.25, 0.3) is 0 Å². The highest BCUT2D eigenvalue weighted by Crippen LogP contribution is 2.12. The van der Waals surface area contributed by atoms with Gasteiger partial charge in [-0.3, -0.25) is 0 Å². The summed E-state index contributed by atoms with van der Waals surface area (Å²) < 4.78 is 0. The Morgan fingerprint density at radius 3 is 2.48 bits per heavy atom. The third-order valence-electron chi connectivity index (χ3n) is 3.80. The van der Waals surface area contributed by atoms with Gasteiger partial charge in [-0.2, -0.15) is 0 Å². The van der Waals surface area contributed by atoms with Gasteiger partial charge in [0.25, 0.3) is 0 Å². The molecule has 0 aliphatic heterocycles. The summed E-state index contributed by atoms with van der Waals surface area (Å²) in [5.41, 5.74) is 2.42. The maximum Gasteiger partial charge on any atom is 0.335 e. The lowest BCUT2D eigenvalue weighted by Gasteiger charge is -2.24. The predicted octanol–water partition coefficient (Wildman–Crippen LogP) is 3.61. The molecule has 0 fully saturated rings. The summed E-state index contributed by atoms with van der Waals surface area (Å²) in [7, 11) is 0. The molecule has 4 heteroatoms. The highest BCUT2D eigenvalue weighted by atomic mass is 16.4. The SMILES string of the molecule is CC(C)C(CNCc1cccc(C(=O)O)c1)Nc1ccccc1. The van der Waals surface area contributed by atoms with Crippen LogP contribution < -0.4 is 10.6 Å². The van der Waals surface area contributed by atoms with Crippen molar-refractivity contribution in [2.45, 2.75) is 26.4 Å². The monoisotopic (exact) mass is 312 g/mol. The van der Waals surface area contributed by atoms with E-state index in [4.69, 9.17) is 5.11 Å². The van der Waals surface area contributed by atoms with Crippen molar-refractivity contribution in [3.05, 3.63) is 65.7 Å². The van der Waals surface area contributed by atoms with Crippen molar-refractivity contribution in [2.75, 3.05) is 11.9 Å². The first-order chi connectivity index (χ1) is 11.1. The van der Waals surface area contributed by atoms with Crippen LogP contribution in [-0.2, 0) is 6.54 Å². The molecule has 0 aliphatic carbocycles. The number of benzene rings is 2. The first kappa shape index (κ1) is 17.0. The van der Waals surface area contributed by atoms with Gasteiger partial charge in [-0.25, -0.2) is 4.79 Å². The third-order valence-corrected chi connectivity index (χ3v) is 3.80. The van der Waals surface area contributed by atoms with Crippen molar-refractivity contribution >= 4 is 11.7 Å². The second-order valence-electron chi connectivity index (χ2n) is 6.00. The van der Waals surface area contributed by atoms with Crippen LogP contribution >= 0.6 is 0 Å². The van der Waals surface area contributed by atoms with Crippen LogP contribution in [0.15, 0.2) is 54.6 Å². The Bertz CT molecular complexity index is 626. The number of rotatable bonds is 8. The molecule has 1 atom stereocenters. The number of hydrogen-bond acceptors (Lipinski definition) is 3. The predicted molar refractivity (Wildman–Crippen MR) is 93.8 cm³/mol. The van der Waals surface area contributed by atoms with Crippen LogP contribution in [0.4, 0.5) is 5.69 Å². The topological polar surface area (TPSA) is 61.4 Å². The maximum absolute atomic E-state index is 11.0. The Labute approximate surface area is 137 Å². The molecule has 0 amide bonds. The molecule has 0 saturated carbocycles. The number of aromatic carboxylic acids is 1. The largest absolute Gasteiger partial charge is 0.478 e. The first-order valence-electron chi connectivity index (χ1n) is 7.91. The summed E-state index contributed by atoms with van der Waals surface area (Å²) in [4.78, 5) is 11.0. The second-order valence-corrected chi connectivity index (χ2v) is 6.00. The van der Waals surface area contributed by atoms with Gasteiger partial charge < -0.3 is 15.7 Å². The number of anilines is 1. The van der Waals surface area contributed by atoms with Crippen molar-refractivity contribution in [1.29, 1.82) is 0 Å². The average molecular weight is 312 g/mol. The summed E-state index contributed by atoms with van der Waals surface area (Å²) in [6.45, 7) is 5.84. The quantitative estimate of drug-likeness (QED) is 0.697. The molecule has 0 saturated heterocycles. The molecule has 0 bridgehead atoms. The minimum atomic E-state index is -0.891. The van der Waals surface area contributed by atoms with Crippen LogP contribution in [-0.4, -0.2) is 23.7 Å². The van der Waals surface area contributed by atoms with Gasteiger partial charge in [0.15, 0.2) is 0 Å². The lowest BCUT2D eigenvalue weighted by Crippen LogP contribution is -2.36. The summed E-state index contributed by atoms with van der Waals surface area (Å²) >= 11 is 0. The van der Waals surface area contributed by atoms with Crippen molar-refractivity contribution in [1.82, 2.24) is 5.32 Å². The molecular formula is C19H24N2O2. The molecule has 3 N–H and O–H groups in total. The van der Waals surface area contributed by atoms with E-state index in [1.165, 1.54) is 0 Å². The first-order valence-corrected chi connectivity index (χ1v) is 7.91. The fourth-order valence-electron chi connectivity index (χ4n) is 2.39. The minimum Gasteiger partial charge on any atom is -0.478 e. The molecule has 23 heavy (non-hydrogen) atoms. The van der Waals surface area contributed by atoms with E-state index in [1.54, 1.807) is 18.2 Å². The summed E-state index contributed by atoms with van der Waals surface area (Å²) in [5.74, 6) is -0.411. The Morgan fingerprint density at radius 2 is 1.83 bits per heavy atom. The smallest absolute Gasteiger partial charge is 0.335 e. The normalized spacial score (nSPS) is 12.1. The zero-order valence-corrected chi connectivity index (χ0v) is 13.6. The van der Waals surface area contributed by atoms with Gasteiger partial charge in [-0.1, -0.05) is 44.2 Å². The second kappa shape index (κ2) is 8.34. The van der Waals surface area contributed by atoms with Crippen molar-refractivity contribution in [3.8, 4) is 0 Å². The van der Waals surface area contributed by atoms with E-state index in [2.05, 4.69) is 36.6 Å². The van der Waals surface area contributed by atoms with Gasteiger partial charge >= 0.3 is 5.97 Å². The molecule has 0 radical (unpaired) electrons. The molecule has 2 rings (SSSR count). The van der Waals surface area contributed by atoms with Crippen LogP contribution in [0, 0.1) is 5.92 Å². The highest BCUT2D eigenvalue weighted by Gasteiger charge is 2.12. The molecule has 4 nitrogen and oxygen atoms in total. The van der Waals surface area contributed by atoms with Crippen LogP contribution in [0.1, 0.15) is 29.8 Å². The van der Waals surface area contributed by atoms with E-state index in [0.29, 0.717) is 24.1 Å². The molecule has 122 valence electrons. The Kier molecular flexibility index (Phi) is 6.18. The molecule has 0 aliphatic rings. The van der Waals surface area contributed by atoms with Crippen molar-refractivity contribution < 1.29 is 9.90 Å². The van der Waals surface area contributed by atoms with Gasteiger partial charge in [0.1, 0.15) is 0 Å². The zero-order chi connectivity index (χ0) is 16.7. The molecular weight excluding hydrogens is 288 g/mol. The lowest BCUT2D eigenvalue weighted by atomic mass is 10.0. The number of carbonyl (C=O) groups is 1. The number of nitrogens with one attached hydrogen (secondary N) is 2. The Morgan fingerprint density at radius 1 is 1.09 bits per heavy atom. The van der Waals surface area contributed by atoms with E-state index < -0.39 is 5.97 Å². The maximum atomic E-state index is 11.0. The van der Waals surface area contributed by atoms with Gasteiger partial charge in [-0.15, -0.1) is 0 Å².